The van der Waals surface area contributed by atoms with Crippen LogP contribution in [0.3, 0.4) is 0 Å². The molecule has 23 heavy (non-hydrogen) atoms. The fourth-order valence-electron chi connectivity index (χ4n) is 3.09. The summed E-state index contributed by atoms with van der Waals surface area (Å²) >= 11 is 0. The van der Waals surface area contributed by atoms with Gasteiger partial charge in [0.1, 0.15) is 5.69 Å². The van der Waals surface area contributed by atoms with E-state index in [0.717, 1.165) is 18.9 Å². The first-order chi connectivity index (χ1) is 10.8. The molecule has 0 aliphatic carbocycles. The van der Waals surface area contributed by atoms with Crippen LogP contribution < -0.4 is 15.4 Å². The van der Waals surface area contributed by atoms with Gasteiger partial charge < -0.3 is 10.6 Å². The number of piperidine rings is 1. The fraction of sp³-hybridized carbons (Fsp3) is 0.571. The lowest BCUT2D eigenvalue weighted by Crippen LogP contribution is -2.49. The topological polar surface area (TPSA) is 119 Å². The molecule has 2 atom stereocenters. The van der Waals surface area contributed by atoms with Crippen LogP contribution in [-0.2, 0) is 10.0 Å². The van der Waals surface area contributed by atoms with Crippen LogP contribution in [0.25, 0.3) is 0 Å². The predicted octanol–water partition coefficient (Wildman–Crippen LogP) is 1.07. The van der Waals surface area contributed by atoms with Crippen molar-refractivity contribution in [3.63, 3.8) is 0 Å². The summed E-state index contributed by atoms with van der Waals surface area (Å²) in [5.74, 6) is 0.328. The van der Waals surface area contributed by atoms with Gasteiger partial charge in [0.15, 0.2) is 0 Å². The Balaban J connectivity index is 2.52. The molecule has 1 aromatic rings. The Morgan fingerprint density at radius 2 is 2.17 bits per heavy atom. The largest absolute Gasteiger partial charge is 0.361 e. The maximum Gasteiger partial charge on any atom is 0.293 e. The molecule has 3 N–H and O–H groups in total. The molecular formula is C14H22N4O4S. The van der Waals surface area contributed by atoms with Crippen molar-refractivity contribution < 1.29 is 13.3 Å². The smallest absolute Gasteiger partial charge is 0.293 e. The van der Waals surface area contributed by atoms with Crippen LogP contribution in [0.15, 0.2) is 23.1 Å². The van der Waals surface area contributed by atoms with Gasteiger partial charge in [0.05, 0.1) is 9.82 Å². The van der Waals surface area contributed by atoms with E-state index in [1.165, 1.54) is 19.2 Å². The number of nitrogens with two attached hydrogens (primary N) is 1. The molecule has 0 aromatic heterocycles. The van der Waals surface area contributed by atoms with E-state index < -0.39 is 14.9 Å². The number of anilines is 1. The van der Waals surface area contributed by atoms with Crippen molar-refractivity contribution in [1.29, 1.82) is 0 Å². The number of rotatable bonds is 5. The average Bonchev–Trinajstić information content (AvgIpc) is 2.53. The van der Waals surface area contributed by atoms with Crippen molar-refractivity contribution in [2.24, 2.45) is 11.7 Å². The monoisotopic (exact) mass is 342 g/mol. The van der Waals surface area contributed by atoms with Crippen LogP contribution in [0, 0.1) is 16.0 Å². The van der Waals surface area contributed by atoms with Gasteiger partial charge in [-0.1, -0.05) is 6.92 Å². The highest BCUT2D eigenvalue weighted by Crippen LogP contribution is 2.36. The predicted molar refractivity (Wildman–Crippen MR) is 87.9 cm³/mol. The van der Waals surface area contributed by atoms with Crippen LogP contribution in [0.5, 0.6) is 0 Å². The number of hydrogen-bond acceptors (Lipinski definition) is 6. The lowest BCUT2D eigenvalue weighted by Gasteiger charge is -2.40. The minimum absolute atomic E-state index is 0.00853. The van der Waals surface area contributed by atoms with Crippen molar-refractivity contribution >= 4 is 21.4 Å². The highest BCUT2D eigenvalue weighted by atomic mass is 32.2. The van der Waals surface area contributed by atoms with Crippen LogP contribution in [0.4, 0.5) is 11.4 Å². The molecule has 0 radical (unpaired) electrons. The first-order valence-corrected chi connectivity index (χ1v) is 8.98. The molecule has 9 heteroatoms. The average molecular weight is 342 g/mol. The van der Waals surface area contributed by atoms with Gasteiger partial charge in [-0.3, -0.25) is 10.1 Å². The second kappa shape index (κ2) is 6.81. The summed E-state index contributed by atoms with van der Waals surface area (Å²) in [5, 5.41) is 11.4. The van der Waals surface area contributed by atoms with E-state index in [-0.39, 0.29) is 16.6 Å². The Morgan fingerprint density at radius 1 is 1.48 bits per heavy atom. The van der Waals surface area contributed by atoms with E-state index in [9.17, 15) is 18.5 Å². The number of nitrogens with zero attached hydrogens (tertiary/aromatic N) is 2. The molecule has 0 spiro atoms. The van der Waals surface area contributed by atoms with E-state index in [0.29, 0.717) is 24.7 Å². The van der Waals surface area contributed by atoms with Crippen LogP contribution in [0.2, 0.25) is 0 Å². The zero-order valence-electron chi connectivity index (χ0n) is 13.2. The van der Waals surface area contributed by atoms with Crippen molar-refractivity contribution in [3.05, 3.63) is 28.3 Å². The normalized spacial score (nSPS) is 22.1. The lowest BCUT2D eigenvalue weighted by molar-refractivity contribution is -0.384. The van der Waals surface area contributed by atoms with Gasteiger partial charge in [-0.15, -0.1) is 0 Å². The standard InChI is InChI=1S/C14H22N4O4S/c1-10-4-3-7-17(14(10)9-15)12-6-5-11(23(21,22)16-2)8-13(12)18(19)20/h5-6,8,10,14,16H,3-4,7,9,15H2,1-2H3. The molecule has 0 amide bonds. The number of benzene rings is 1. The number of nitrogens with one attached hydrogen (secondary N) is 1. The van der Waals surface area contributed by atoms with Crippen molar-refractivity contribution in [3.8, 4) is 0 Å². The third kappa shape index (κ3) is 3.46. The van der Waals surface area contributed by atoms with Gasteiger partial charge >= 0.3 is 0 Å². The summed E-state index contributed by atoms with van der Waals surface area (Å²) < 4.78 is 25.9. The minimum Gasteiger partial charge on any atom is -0.361 e. The molecule has 0 saturated carbocycles. The molecule has 1 heterocycles. The maximum absolute atomic E-state index is 11.9. The van der Waals surface area contributed by atoms with Gasteiger partial charge in [-0.25, -0.2) is 13.1 Å². The third-order valence-corrected chi connectivity index (χ3v) is 5.80. The Hall–Kier alpha value is -1.71. The van der Waals surface area contributed by atoms with E-state index in [1.807, 2.05) is 4.90 Å². The lowest BCUT2D eigenvalue weighted by atomic mass is 9.90. The number of sulfonamides is 1. The third-order valence-electron chi connectivity index (χ3n) is 4.39. The Bertz CT molecular complexity index is 692. The van der Waals surface area contributed by atoms with Gasteiger partial charge in [0, 0.05) is 25.2 Å². The van der Waals surface area contributed by atoms with E-state index in [1.54, 1.807) is 0 Å². The molecular weight excluding hydrogens is 320 g/mol. The van der Waals surface area contributed by atoms with E-state index >= 15 is 0 Å². The van der Waals surface area contributed by atoms with Gasteiger partial charge in [0.25, 0.3) is 5.69 Å². The Kier molecular flexibility index (Phi) is 5.23. The highest BCUT2D eigenvalue weighted by molar-refractivity contribution is 7.89. The minimum atomic E-state index is -3.73. The van der Waals surface area contributed by atoms with Gasteiger partial charge in [-0.05, 0) is 37.9 Å². The molecule has 1 aromatic carbocycles. The quantitative estimate of drug-likeness (QED) is 0.610. The number of nitro groups is 1. The van der Waals surface area contributed by atoms with Crippen LogP contribution in [0.1, 0.15) is 19.8 Å². The molecule has 8 nitrogen and oxygen atoms in total. The molecule has 2 rings (SSSR count). The summed E-state index contributed by atoms with van der Waals surface area (Å²) in [6.07, 6.45) is 1.95. The first kappa shape index (κ1) is 17.6. The maximum atomic E-state index is 11.9. The van der Waals surface area contributed by atoms with Crippen molar-refractivity contribution in [1.82, 2.24) is 4.72 Å². The Morgan fingerprint density at radius 3 is 2.74 bits per heavy atom. The summed E-state index contributed by atoms with van der Waals surface area (Å²) in [4.78, 5) is 12.7. The molecule has 1 saturated heterocycles. The van der Waals surface area contributed by atoms with Crippen molar-refractivity contribution in [2.75, 3.05) is 25.0 Å². The second-order valence-corrected chi connectivity index (χ2v) is 7.62. The molecule has 0 bridgehead atoms. The molecule has 1 aliphatic rings. The SMILES string of the molecule is CNS(=O)(=O)c1ccc(N2CCCC(C)C2CN)c([N+](=O)[O-])c1. The second-order valence-electron chi connectivity index (χ2n) is 5.73. The summed E-state index contributed by atoms with van der Waals surface area (Å²) in [5.41, 5.74) is 6.06. The molecule has 1 aliphatic heterocycles. The zero-order valence-corrected chi connectivity index (χ0v) is 14.0. The molecule has 128 valence electrons. The van der Waals surface area contributed by atoms with Crippen LogP contribution >= 0.6 is 0 Å². The molecule has 1 fully saturated rings. The first-order valence-electron chi connectivity index (χ1n) is 7.50. The summed E-state index contributed by atoms with van der Waals surface area (Å²) in [6, 6.07) is 4.01. The Labute approximate surface area is 135 Å². The van der Waals surface area contributed by atoms with Gasteiger partial charge in [0.2, 0.25) is 10.0 Å². The summed E-state index contributed by atoms with van der Waals surface area (Å²) in [7, 11) is -2.46. The van der Waals surface area contributed by atoms with E-state index in [2.05, 4.69) is 11.6 Å². The molecule has 2 unspecified atom stereocenters. The number of nitro benzene ring substituents is 1. The number of hydrogen-bond donors (Lipinski definition) is 2. The van der Waals surface area contributed by atoms with Gasteiger partial charge in [-0.2, -0.15) is 0 Å². The summed E-state index contributed by atoms with van der Waals surface area (Å²) in [6.45, 7) is 3.15. The van der Waals surface area contributed by atoms with Crippen LogP contribution in [-0.4, -0.2) is 39.5 Å². The van der Waals surface area contributed by atoms with Crippen molar-refractivity contribution in [2.45, 2.75) is 30.7 Å². The highest BCUT2D eigenvalue weighted by Gasteiger charge is 2.32. The zero-order chi connectivity index (χ0) is 17.2. The van der Waals surface area contributed by atoms with E-state index in [4.69, 9.17) is 5.73 Å². The fourth-order valence-corrected chi connectivity index (χ4v) is 3.83.